The summed E-state index contributed by atoms with van der Waals surface area (Å²) in [6.45, 7) is 7.71. The first-order chi connectivity index (χ1) is 14.7. The van der Waals surface area contributed by atoms with Crippen molar-refractivity contribution in [3.8, 4) is 0 Å². The summed E-state index contributed by atoms with van der Waals surface area (Å²) in [7, 11) is 0. The van der Waals surface area contributed by atoms with Crippen molar-refractivity contribution in [1.82, 2.24) is 9.46 Å². The van der Waals surface area contributed by atoms with Gasteiger partial charge in [0.2, 0.25) is 0 Å². The molecule has 3 nitrogen and oxygen atoms in total. The monoisotopic (exact) mass is 437 g/mol. The smallest absolute Gasteiger partial charge is 0.393 e. The molecule has 4 heterocycles. The van der Waals surface area contributed by atoms with Crippen LogP contribution in [0.4, 0.5) is 8.63 Å². The van der Waals surface area contributed by atoms with Gasteiger partial charge in [-0.3, -0.25) is 0 Å². The first kappa shape index (κ1) is 20.4. The van der Waals surface area contributed by atoms with Crippen LogP contribution in [-0.2, 0) is 6.42 Å². The van der Waals surface area contributed by atoms with Crippen molar-refractivity contribution < 1.29 is 13.1 Å². The zero-order valence-corrected chi connectivity index (χ0v) is 19.6. The van der Waals surface area contributed by atoms with Crippen LogP contribution in [0.15, 0.2) is 41.1 Å². The molecule has 1 aromatic carbocycles. The van der Waals surface area contributed by atoms with Crippen LogP contribution in [0.25, 0.3) is 15.8 Å². The number of allylic oxidation sites excluding steroid dienone is 2. The number of benzene rings is 1. The highest BCUT2D eigenvalue weighted by molar-refractivity contribution is 7.19. The number of rotatable bonds is 3. The molecule has 0 unspecified atom stereocenters. The Morgan fingerprint density at radius 2 is 1.77 bits per heavy atom. The number of thiazole rings is 1. The van der Waals surface area contributed by atoms with Crippen LogP contribution in [0.3, 0.4) is 0 Å². The van der Waals surface area contributed by atoms with E-state index in [0.29, 0.717) is 22.8 Å². The lowest BCUT2D eigenvalue weighted by molar-refractivity contribution is -0.363. The third-order valence-electron chi connectivity index (χ3n) is 7.00. The van der Waals surface area contributed by atoms with Crippen molar-refractivity contribution in [2.45, 2.75) is 54.4 Å². The second-order valence-corrected chi connectivity index (χ2v) is 9.50. The van der Waals surface area contributed by atoms with E-state index in [4.69, 9.17) is 4.98 Å². The maximum atomic E-state index is 16.2. The highest BCUT2D eigenvalue weighted by Gasteiger charge is 2.57. The predicted molar refractivity (Wildman–Crippen MR) is 126 cm³/mol. The van der Waals surface area contributed by atoms with Gasteiger partial charge in [0.15, 0.2) is 5.70 Å². The van der Waals surface area contributed by atoms with Gasteiger partial charge in [-0.05, 0) is 62.6 Å². The van der Waals surface area contributed by atoms with Crippen molar-refractivity contribution >= 4 is 39.8 Å². The van der Waals surface area contributed by atoms with Gasteiger partial charge in [-0.15, -0.1) is 11.3 Å². The van der Waals surface area contributed by atoms with E-state index >= 15 is 8.63 Å². The fraction of sp³-hybridized carbons (Fsp3) is 0.333. The second kappa shape index (κ2) is 6.73. The number of hydrogen-bond acceptors (Lipinski definition) is 2. The second-order valence-electron chi connectivity index (χ2n) is 8.47. The first-order valence-corrected chi connectivity index (χ1v) is 11.7. The van der Waals surface area contributed by atoms with Gasteiger partial charge in [0, 0.05) is 23.8 Å². The molecule has 5 rings (SSSR count). The third-order valence-corrected chi connectivity index (χ3v) is 8.06. The number of para-hydroxylation sites is 1. The molecule has 0 amide bonds. The summed E-state index contributed by atoms with van der Waals surface area (Å²) in [6, 6.07) is 7.99. The van der Waals surface area contributed by atoms with Gasteiger partial charge in [0.05, 0.1) is 15.8 Å². The Kier molecular flexibility index (Phi) is 4.42. The molecule has 0 spiro atoms. The Labute approximate surface area is 185 Å². The van der Waals surface area contributed by atoms with Crippen LogP contribution in [0.5, 0.6) is 0 Å². The molecule has 7 heteroatoms. The molecular weight excluding hydrogens is 411 g/mol. The molecule has 0 N–H and O–H groups in total. The quantitative estimate of drug-likeness (QED) is 0.429. The van der Waals surface area contributed by atoms with E-state index in [-0.39, 0.29) is 0 Å². The molecule has 31 heavy (non-hydrogen) atoms. The average Bonchev–Trinajstić information content (AvgIpc) is 3.34. The summed E-state index contributed by atoms with van der Waals surface area (Å²) < 4.78 is 36.1. The number of nitrogens with zero attached hydrogens (tertiary/aromatic N) is 3. The van der Waals surface area contributed by atoms with E-state index in [1.54, 1.807) is 11.3 Å². The lowest BCUT2D eigenvalue weighted by atomic mass is 9.86. The summed E-state index contributed by atoms with van der Waals surface area (Å²) in [5.41, 5.74) is 8.24. The van der Waals surface area contributed by atoms with Crippen molar-refractivity contribution in [1.29, 1.82) is 0 Å². The van der Waals surface area contributed by atoms with Crippen molar-refractivity contribution in [3.05, 3.63) is 68.6 Å². The highest BCUT2D eigenvalue weighted by Crippen LogP contribution is 2.48. The van der Waals surface area contributed by atoms with Crippen LogP contribution in [0, 0.1) is 13.8 Å². The van der Waals surface area contributed by atoms with Gasteiger partial charge < -0.3 is 17.6 Å². The molecule has 3 aromatic rings. The first-order valence-electron chi connectivity index (χ1n) is 10.9. The van der Waals surface area contributed by atoms with E-state index in [0.717, 1.165) is 55.9 Å². The van der Waals surface area contributed by atoms with Gasteiger partial charge in [0.1, 0.15) is 10.7 Å². The summed E-state index contributed by atoms with van der Waals surface area (Å²) in [6.07, 6.45) is 1.45. The number of halogens is 2. The Morgan fingerprint density at radius 3 is 2.42 bits per heavy atom. The van der Waals surface area contributed by atoms with Crippen LogP contribution in [0.2, 0.25) is 0 Å². The molecule has 2 aliphatic rings. The highest BCUT2D eigenvalue weighted by atomic mass is 32.1. The normalized spacial score (nSPS) is 17.8. The molecule has 0 atom stereocenters. The SMILES string of the molecule is CCC1=C(C)C2=C(c3nc4ccccc4s3)c3c(C)c(CC)c(C)n3[B-](F)(F)[N+]2=C1C. The zero-order valence-electron chi connectivity index (χ0n) is 18.8. The van der Waals surface area contributed by atoms with Gasteiger partial charge in [-0.2, -0.15) is 0 Å². The molecule has 160 valence electrons. The van der Waals surface area contributed by atoms with Crippen LogP contribution >= 0.6 is 11.3 Å². The molecule has 0 saturated carbocycles. The largest absolute Gasteiger partial charge is 0.737 e. The lowest BCUT2D eigenvalue weighted by Crippen LogP contribution is -2.51. The van der Waals surface area contributed by atoms with Gasteiger partial charge in [-0.25, -0.2) is 4.98 Å². The minimum atomic E-state index is -3.99. The van der Waals surface area contributed by atoms with E-state index in [9.17, 15) is 0 Å². The molecule has 0 bridgehead atoms. The fourth-order valence-electron chi connectivity index (χ4n) is 5.66. The molecule has 0 aliphatic carbocycles. The minimum absolute atomic E-state index is 0.633. The predicted octanol–water partition coefficient (Wildman–Crippen LogP) is 6.49. The van der Waals surface area contributed by atoms with Gasteiger partial charge in [-0.1, -0.05) is 26.0 Å². The van der Waals surface area contributed by atoms with E-state index in [1.165, 1.54) is 8.96 Å². The van der Waals surface area contributed by atoms with Gasteiger partial charge >= 0.3 is 6.97 Å². The summed E-state index contributed by atoms with van der Waals surface area (Å²) in [5.74, 6) is 0. The van der Waals surface area contributed by atoms with E-state index < -0.39 is 6.97 Å². The minimum Gasteiger partial charge on any atom is -0.393 e. The molecule has 2 aliphatic heterocycles. The summed E-state index contributed by atoms with van der Waals surface area (Å²) >= 11 is 1.58. The van der Waals surface area contributed by atoms with Crippen molar-refractivity contribution in [2.75, 3.05) is 0 Å². The molecular formula is C24H26BF2N3S. The van der Waals surface area contributed by atoms with Gasteiger partial charge in [0.25, 0.3) is 0 Å². The summed E-state index contributed by atoms with van der Waals surface area (Å²) in [5, 5.41) is 0.807. The maximum Gasteiger partial charge on any atom is 0.737 e. The molecule has 0 saturated heterocycles. The van der Waals surface area contributed by atoms with Crippen molar-refractivity contribution in [3.63, 3.8) is 0 Å². The molecule has 2 aromatic heterocycles. The Balaban J connectivity index is 1.98. The molecule has 0 fully saturated rings. The molecule has 0 radical (unpaired) electrons. The maximum absolute atomic E-state index is 16.2. The number of hydrogen-bond donors (Lipinski definition) is 0. The topological polar surface area (TPSA) is 20.8 Å². The number of fused-ring (bicyclic) bond motifs is 3. The average molecular weight is 437 g/mol. The van der Waals surface area contributed by atoms with E-state index in [1.807, 2.05) is 65.8 Å². The number of aromatic nitrogens is 2. The summed E-state index contributed by atoms with van der Waals surface area (Å²) in [4.78, 5) is 4.91. The lowest BCUT2D eigenvalue weighted by Gasteiger charge is -2.33. The van der Waals surface area contributed by atoms with Crippen LogP contribution < -0.4 is 0 Å². The van der Waals surface area contributed by atoms with Crippen molar-refractivity contribution in [2.24, 2.45) is 0 Å². The van der Waals surface area contributed by atoms with Crippen LogP contribution in [-0.4, -0.2) is 26.6 Å². The fourth-order valence-corrected chi connectivity index (χ4v) is 6.67. The Morgan fingerprint density at radius 1 is 1.06 bits per heavy atom. The Bertz CT molecular complexity index is 1340. The Hall–Kier alpha value is -2.54. The third kappa shape index (κ3) is 2.50. The zero-order chi connectivity index (χ0) is 22.2. The van der Waals surface area contributed by atoms with E-state index in [2.05, 4.69) is 0 Å². The standard InChI is InChI=1S/C24H26BF2N3S/c1-7-17-13(3)22-21(24-28-19-11-9-10-12-20(19)31-24)23-14(4)18(8-2)16(6)30(23)25(26,27)29(22)15(17)5/h9-12H,7-8H2,1-6H3. The van der Waals surface area contributed by atoms with Crippen LogP contribution in [0.1, 0.15) is 61.6 Å².